The van der Waals surface area contributed by atoms with Crippen molar-refractivity contribution in [1.82, 2.24) is 9.80 Å². The summed E-state index contributed by atoms with van der Waals surface area (Å²) in [4.78, 5) is 5.05. The summed E-state index contributed by atoms with van der Waals surface area (Å²) >= 11 is 0. The average molecular weight is 154 g/mol. The summed E-state index contributed by atoms with van der Waals surface area (Å²) in [6, 6.07) is 0. The van der Waals surface area contributed by atoms with Gasteiger partial charge in [-0.3, -0.25) is 9.80 Å². The van der Waals surface area contributed by atoms with Gasteiger partial charge in [0.05, 0.1) is 5.66 Å². The van der Waals surface area contributed by atoms with Crippen molar-refractivity contribution in [2.24, 2.45) is 0 Å². The smallest absolute Gasteiger partial charge is 0.0745 e. The van der Waals surface area contributed by atoms with Gasteiger partial charge in [0.2, 0.25) is 0 Å². The molecule has 0 radical (unpaired) electrons. The minimum absolute atomic E-state index is 0.484. The second-order valence-corrected chi connectivity index (χ2v) is 4.03. The Morgan fingerprint density at radius 3 is 2.00 bits per heavy atom. The number of hydrogen-bond donors (Lipinski definition) is 0. The highest BCUT2D eigenvalue weighted by Crippen LogP contribution is 2.38. The van der Waals surface area contributed by atoms with Crippen LogP contribution in [0.25, 0.3) is 0 Å². The van der Waals surface area contributed by atoms with Gasteiger partial charge in [0.1, 0.15) is 0 Å². The largest absolute Gasteiger partial charge is 0.288 e. The predicted octanol–water partition coefficient (Wildman–Crippen LogP) is 1.13. The van der Waals surface area contributed by atoms with E-state index >= 15 is 0 Å². The van der Waals surface area contributed by atoms with Gasteiger partial charge in [0.15, 0.2) is 0 Å². The Balaban J connectivity index is 2.09. The summed E-state index contributed by atoms with van der Waals surface area (Å²) in [5.74, 6) is 0. The van der Waals surface area contributed by atoms with Crippen LogP contribution in [0, 0.1) is 0 Å². The lowest BCUT2D eigenvalue weighted by molar-refractivity contribution is -0.129. The third kappa shape index (κ3) is 0.926. The van der Waals surface area contributed by atoms with Gasteiger partial charge in [-0.2, -0.15) is 0 Å². The van der Waals surface area contributed by atoms with Gasteiger partial charge < -0.3 is 0 Å². The van der Waals surface area contributed by atoms with Crippen LogP contribution in [0.3, 0.4) is 0 Å². The molecule has 1 atom stereocenters. The van der Waals surface area contributed by atoms with Crippen molar-refractivity contribution in [3.8, 4) is 0 Å². The quantitative estimate of drug-likeness (QED) is 0.516. The fraction of sp³-hybridized carbons (Fsp3) is 1.00. The van der Waals surface area contributed by atoms with E-state index in [2.05, 4.69) is 23.9 Å². The molecule has 11 heavy (non-hydrogen) atoms. The van der Waals surface area contributed by atoms with Gasteiger partial charge in [-0.15, -0.1) is 0 Å². The first-order chi connectivity index (χ1) is 5.26. The highest BCUT2D eigenvalue weighted by atomic mass is 15.4. The maximum absolute atomic E-state index is 2.54. The van der Waals surface area contributed by atoms with Gasteiger partial charge >= 0.3 is 0 Å². The number of hydrogen-bond acceptors (Lipinski definition) is 2. The highest BCUT2D eigenvalue weighted by Gasteiger charge is 2.46. The molecule has 0 aromatic carbocycles. The molecule has 0 aromatic heterocycles. The summed E-state index contributed by atoms with van der Waals surface area (Å²) in [5.41, 5.74) is 0.484. The van der Waals surface area contributed by atoms with Gasteiger partial charge in [-0.05, 0) is 46.3 Å². The molecular formula is C9H18N2. The normalized spacial score (nSPS) is 40.9. The molecule has 2 aliphatic heterocycles. The van der Waals surface area contributed by atoms with E-state index in [9.17, 15) is 0 Å². The Labute approximate surface area is 69.2 Å². The molecule has 0 aliphatic carbocycles. The zero-order chi connectivity index (χ0) is 7.90. The molecule has 2 fully saturated rings. The van der Waals surface area contributed by atoms with Crippen LogP contribution in [-0.2, 0) is 0 Å². The second kappa shape index (κ2) is 2.46. The van der Waals surface area contributed by atoms with Crippen molar-refractivity contribution in [3.05, 3.63) is 0 Å². The van der Waals surface area contributed by atoms with Crippen LogP contribution in [0.2, 0.25) is 0 Å². The topological polar surface area (TPSA) is 6.48 Å². The predicted molar refractivity (Wildman–Crippen MR) is 46.5 cm³/mol. The van der Waals surface area contributed by atoms with Crippen molar-refractivity contribution in [1.29, 1.82) is 0 Å². The minimum atomic E-state index is 0.484. The van der Waals surface area contributed by atoms with E-state index in [-0.39, 0.29) is 0 Å². The molecule has 64 valence electrons. The molecule has 1 spiro atoms. The standard InChI is InChI=1S/C9H18N2/c1-10-7-4-3-5-9(10)6-8-11(9)2/h3-8H2,1-2H3. The Hall–Kier alpha value is -0.0800. The first-order valence-electron chi connectivity index (χ1n) is 4.68. The SMILES string of the molecule is CN1CCCCC12CCN2C. The molecule has 2 heteroatoms. The Morgan fingerprint density at radius 2 is 1.64 bits per heavy atom. The highest BCUT2D eigenvalue weighted by molar-refractivity contribution is 4.98. The Kier molecular flexibility index (Phi) is 1.69. The van der Waals surface area contributed by atoms with Crippen LogP contribution in [0.15, 0.2) is 0 Å². The number of piperidine rings is 1. The van der Waals surface area contributed by atoms with E-state index in [4.69, 9.17) is 0 Å². The van der Waals surface area contributed by atoms with Crippen molar-refractivity contribution in [3.63, 3.8) is 0 Å². The van der Waals surface area contributed by atoms with Crippen molar-refractivity contribution in [2.75, 3.05) is 27.2 Å². The summed E-state index contributed by atoms with van der Waals surface area (Å²) < 4.78 is 0. The van der Waals surface area contributed by atoms with Gasteiger partial charge in [0.25, 0.3) is 0 Å². The van der Waals surface area contributed by atoms with Gasteiger partial charge in [-0.1, -0.05) is 0 Å². The molecule has 2 aliphatic rings. The maximum atomic E-state index is 2.54. The summed E-state index contributed by atoms with van der Waals surface area (Å²) in [6.07, 6.45) is 5.60. The Morgan fingerprint density at radius 1 is 0.909 bits per heavy atom. The first kappa shape index (κ1) is 7.56. The van der Waals surface area contributed by atoms with Crippen molar-refractivity contribution in [2.45, 2.75) is 31.3 Å². The summed E-state index contributed by atoms with van der Waals surface area (Å²) in [6.45, 7) is 2.59. The molecule has 0 bridgehead atoms. The molecule has 2 rings (SSSR count). The van der Waals surface area contributed by atoms with Gasteiger partial charge in [0, 0.05) is 6.54 Å². The third-order valence-electron chi connectivity index (χ3n) is 3.59. The van der Waals surface area contributed by atoms with Crippen LogP contribution < -0.4 is 0 Å². The molecule has 2 saturated heterocycles. The molecule has 0 saturated carbocycles. The van der Waals surface area contributed by atoms with E-state index in [0.717, 1.165) is 0 Å². The van der Waals surface area contributed by atoms with Crippen LogP contribution in [0.4, 0.5) is 0 Å². The van der Waals surface area contributed by atoms with E-state index < -0.39 is 0 Å². The first-order valence-corrected chi connectivity index (χ1v) is 4.68. The monoisotopic (exact) mass is 154 g/mol. The zero-order valence-electron chi connectivity index (χ0n) is 7.64. The summed E-state index contributed by atoms with van der Waals surface area (Å²) in [7, 11) is 4.53. The number of likely N-dealkylation sites (tertiary alicyclic amines) is 2. The van der Waals surface area contributed by atoms with E-state index in [1.54, 1.807) is 0 Å². The van der Waals surface area contributed by atoms with Crippen LogP contribution in [0.1, 0.15) is 25.7 Å². The summed E-state index contributed by atoms with van der Waals surface area (Å²) in [5, 5.41) is 0. The second-order valence-electron chi connectivity index (χ2n) is 4.03. The maximum Gasteiger partial charge on any atom is 0.0745 e. The molecule has 2 nitrogen and oxygen atoms in total. The van der Waals surface area contributed by atoms with Crippen LogP contribution >= 0.6 is 0 Å². The zero-order valence-corrected chi connectivity index (χ0v) is 7.64. The number of rotatable bonds is 0. The van der Waals surface area contributed by atoms with E-state index in [1.165, 1.54) is 38.8 Å². The number of nitrogens with zero attached hydrogens (tertiary/aromatic N) is 2. The molecule has 2 heterocycles. The van der Waals surface area contributed by atoms with Gasteiger partial charge in [-0.25, -0.2) is 0 Å². The lowest BCUT2D eigenvalue weighted by Crippen LogP contribution is -2.67. The molecule has 0 aromatic rings. The molecule has 0 amide bonds. The molecular weight excluding hydrogens is 136 g/mol. The molecule has 1 unspecified atom stereocenters. The third-order valence-corrected chi connectivity index (χ3v) is 3.59. The fourth-order valence-electron chi connectivity index (χ4n) is 2.55. The van der Waals surface area contributed by atoms with Crippen molar-refractivity contribution >= 4 is 0 Å². The van der Waals surface area contributed by atoms with Crippen molar-refractivity contribution < 1.29 is 0 Å². The lowest BCUT2D eigenvalue weighted by Gasteiger charge is -2.58. The Bertz CT molecular complexity index is 158. The van der Waals surface area contributed by atoms with Crippen LogP contribution in [-0.4, -0.2) is 42.6 Å². The average Bonchev–Trinajstić information content (AvgIpc) is 2.03. The minimum Gasteiger partial charge on any atom is -0.288 e. The molecule has 0 N–H and O–H groups in total. The van der Waals surface area contributed by atoms with Crippen LogP contribution in [0.5, 0.6) is 0 Å². The van der Waals surface area contributed by atoms with E-state index in [0.29, 0.717) is 5.66 Å². The lowest BCUT2D eigenvalue weighted by atomic mass is 9.85. The van der Waals surface area contributed by atoms with E-state index in [1.807, 2.05) is 0 Å². The fourth-order valence-corrected chi connectivity index (χ4v) is 2.55.